The van der Waals surface area contributed by atoms with Gasteiger partial charge in [-0.05, 0) is 88.9 Å². The van der Waals surface area contributed by atoms with Crippen LogP contribution in [0.25, 0.3) is 0 Å². The van der Waals surface area contributed by atoms with Crippen LogP contribution in [-0.4, -0.2) is 49.5 Å². The zero-order valence-corrected chi connectivity index (χ0v) is 24.7. The summed E-state index contributed by atoms with van der Waals surface area (Å²) in [5.41, 5.74) is 2.98. The molecule has 0 bridgehead atoms. The molecule has 36 heavy (non-hydrogen) atoms. The number of aryl methyl sites for hydroxylation is 2. The van der Waals surface area contributed by atoms with Crippen molar-refractivity contribution in [2.45, 2.75) is 72.5 Å². The second-order valence-corrected chi connectivity index (χ2v) is 13.2. The topological polar surface area (TPSA) is 86.8 Å². The lowest BCUT2D eigenvalue weighted by Gasteiger charge is -2.32. The fourth-order valence-electron chi connectivity index (χ4n) is 3.99. The first-order valence-corrected chi connectivity index (χ1v) is 14.6. The maximum Gasteiger partial charge on any atom is 0.242 e. The number of halogens is 1. The summed E-state index contributed by atoms with van der Waals surface area (Å²) in [5.74, 6) is -0.445. The summed E-state index contributed by atoms with van der Waals surface area (Å²) >= 11 is 3.46. The third-order valence-electron chi connectivity index (χ3n) is 5.55. The summed E-state index contributed by atoms with van der Waals surface area (Å²) < 4.78 is 27.3. The van der Waals surface area contributed by atoms with Gasteiger partial charge in [-0.2, -0.15) is 0 Å². The van der Waals surface area contributed by atoms with E-state index in [-0.39, 0.29) is 31.3 Å². The summed E-state index contributed by atoms with van der Waals surface area (Å²) in [6.07, 6.45) is 1.60. The number of anilines is 1. The van der Waals surface area contributed by atoms with Crippen LogP contribution in [0.3, 0.4) is 0 Å². The number of nitrogens with one attached hydrogen (secondary N) is 1. The molecule has 0 fully saturated rings. The predicted octanol–water partition coefficient (Wildman–Crippen LogP) is 4.94. The molecule has 2 aromatic rings. The molecule has 0 aromatic heterocycles. The minimum atomic E-state index is -3.53. The lowest BCUT2D eigenvalue weighted by atomic mass is 10.1. The average Bonchev–Trinajstić information content (AvgIpc) is 2.71. The Morgan fingerprint density at radius 3 is 2.19 bits per heavy atom. The van der Waals surface area contributed by atoms with Crippen molar-refractivity contribution >= 4 is 43.5 Å². The Labute approximate surface area is 224 Å². The summed E-state index contributed by atoms with van der Waals surface area (Å²) in [6, 6.07) is 12.6. The van der Waals surface area contributed by atoms with Gasteiger partial charge in [0.2, 0.25) is 21.8 Å². The highest BCUT2D eigenvalue weighted by Gasteiger charge is 2.28. The van der Waals surface area contributed by atoms with Crippen LogP contribution in [0.15, 0.2) is 46.9 Å². The van der Waals surface area contributed by atoms with E-state index in [1.165, 1.54) is 10.6 Å². The van der Waals surface area contributed by atoms with Gasteiger partial charge >= 0.3 is 0 Å². The molecular formula is C27H38BrN3O4S. The molecule has 0 aliphatic carbocycles. The first-order valence-electron chi connectivity index (χ1n) is 12.0. The Bertz CT molecular complexity index is 1170. The maximum atomic E-state index is 13.4. The molecule has 198 valence electrons. The molecule has 7 nitrogen and oxygen atoms in total. The van der Waals surface area contributed by atoms with E-state index in [1.54, 1.807) is 11.8 Å². The largest absolute Gasteiger partial charge is 0.350 e. The van der Waals surface area contributed by atoms with Crippen molar-refractivity contribution in [3.63, 3.8) is 0 Å². The predicted molar refractivity (Wildman–Crippen MR) is 149 cm³/mol. The first kappa shape index (κ1) is 29.8. The van der Waals surface area contributed by atoms with E-state index in [1.807, 2.05) is 77.1 Å². The van der Waals surface area contributed by atoms with Gasteiger partial charge in [-0.3, -0.25) is 13.9 Å². The summed E-state index contributed by atoms with van der Waals surface area (Å²) in [5, 5.41) is 2.95. The standard InChI is InChI=1S/C27H38BrN3O4S/c1-19-14-20(2)16-24(15-19)31(36(7,34)35)13-9-12-25(32)30(18-22-10-8-11-23(28)17-22)21(3)26(33)29-27(4,5)6/h8,10-11,14-17,21H,9,12-13,18H2,1-7H3,(H,29,33)/t21-/m1/s1. The molecule has 0 radical (unpaired) electrons. The van der Waals surface area contributed by atoms with Gasteiger partial charge in [0.25, 0.3) is 0 Å². The zero-order chi connectivity index (χ0) is 27.3. The molecule has 2 amide bonds. The van der Waals surface area contributed by atoms with Gasteiger partial charge < -0.3 is 10.2 Å². The average molecular weight is 581 g/mol. The van der Waals surface area contributed by atoms with Crippen LogP contribution < -0.4 is 9.62 Å². The van der Waals surface area contributed by atoms with Crippen LogP contribution in [0.5, 0.6) is 0 Å². The molecule has 2 aromatic carbocycles. The summed E-state index contributed by atoms with van der Waals surface area (Å²) in [7, 11) is -3.53. The Hall–Kier alpha value is -2.39. The molecule has 2 rings (SSSR count). The van der Waals surface area contributed by atoms with Crippen molar-refractivity contribution in [1.82, 2.24) is 10.2 Å². The van der Waals surface area contributed by atoms with E-state index in [0.29, 0.717) is 12.1 Å². The number of benzene rings is 2. The number of carbonyl (C=O) groups excluding carboxylic acids is 2. The normalized spacial score (nSPS) is 12.7. The highest BCUT2D eigenvalue weighted by atomic mass is 79.9. The van der Waals surface area contributed by atoms with E-state index in [0.717, 1.165) is 21.2 Å². The monoisotopic (exact) mass is 579 g/mol. The lowest BCUT2D eigenvalue weighted by Crippen LogP contribution is -2.52. The van der Waals surface area contributed by atoms with E-state index in [2.05, 4.69) is 21.2 Å². The second kappa shape index (κ2) is 12.2. The van der Waals surface area contributed by atoms with E-state index < -0.39 is 21.6 Å². The number of hydrogen-bond donors (Lipinski definition) is 1. The van der Waals surface area contributed by atoms with Crippen LogP contribution in [-0.2, 0) is 26.2 Å². The Morgan fingerprint density at radius 1 is 1.06 bits per heavy atom. The van der Waals surface area contributed by atoms with Crippen molar-refractivity contribution in [2.75, 3.05) is 17.1 Å². The molecular weight excluding hydrogens is 542 g/mol. The van der Waals surface area contributed by atoms with Crippen LogP contribution >= 0.6 is 15.9 Å². The first-order chi connectivity index (χ1) is 16.6. The summed E-state index contributed by atoms with van der Waals surface area (Å²) in [6.45, 7) is 11.7. The quantitative estimate of drug-likeness (QED) is 0.431. The van der Waals surface area contributed by atoms with Crippen LogP contribution in [0.2, 0.25) is 0 Å². The molecule has 1 N–H and O–H groups in total. The van der Waals surface area contributed by atoms with Gasteiger partial charge in [-0.15, -0.1) is 0 Å². The van der Waals surface area contributed by atoms with Gasteiger partial charge in [0.1, 0.15) is 6.04 Å². The fraction of sp³-hybridized carbons (Fsp3) is 0.481. The fourth-order valence-corrected chi connectivity index (χ4v) is 5.38. The van der Waals surface area contributed by atoms with Gasteiger partial charge in [-0.25, -0.2) is 8.42 Å². The van der Waals surface area contributed by atoms with Crippen molar-refractivity contribution < 1.29 is 18.0 Å². The minimum Gasteiger partial charge on any atom is -0.350 e. The summed E-state index contributed by atoms with van der Waals surface area (Å²) in [4.78, 5) is 27.9. The Kier molecular flexibility index (Phi) is 10.1. The Balaban J connectivity index is 2.22. The number of amides is 2. The van der Waals surface area contributed by atoms with Gasteiger partial charge in [0.15, 0.2) is 0 Å². The van der Waals surface area contributed by atoms with E-state index in [4.69, 9.17) is 0 Å². The van der Waals surface area contributed by atoms with E-state index in [9.17, 15) is 18.0 Å². The molecule has 9 heteroatoms. The third kappa shape index (κ3) is 9.24. The van der Waals surface area contributed by atoms with E-state index >= 15 is 0 Å². The second-order valence-electron chi connectivity index (χ2n) is 10.4. The molecule has 0 saturated carbocycles. The van der Waals surface area contributed by atoms with Gasteiger partial charge in [0.05, 0.1) is 11.9 Å². The molecule has 0 aliphatic heterocycles. The molecule has 0 heterocycles. The number of carbonyl (C=O) groups is 2. The molecule has 0 spiro atoms. The van der Waals surface area contributed by atoms with Crippen LogP contribution in [0.1, 0.15) is 57.2 Å². The highest BCUT2D eigenvalue weighted by Crippen LogP contribution is 2.23. The molecule has 0 saturated heterocycles. The number of nitrogens with zero attached hydrogens (tertiary/aromatic N) is 2. The third-order valence-corrected chi connectivity index (χ3v) is 7.24. The van der Waals surface area contributed by atoms with Crippen LogP contribution in [0, 0.1) is 13.8 Å². The molecule has 0 aliphatic rings. The van der Waals surface area contributed by atoms with Crippen molar-refractivity contribution in [3.05, 3.63) is 63.6 Å². The van der Waals surface area contributed by atoms with Crippen molar-refractivity contribution in [3.8, 4) is 0 Å². The lowest BCUT2D eigenvalue weighted by molar-refractivity contribution is -0.141. The van der Waals surface area contributed by atoms with Crippen molar-refractivity contribution in [1.29, 1.82) is 0 Å². The van der Waals surface area contributed by atoms with Gasteiger partial charge in [0, 0.05) is 29.5 Å². The van der Waals surface area contributed by atoms with Crippen LogP contribution in [0.4, 0.5) is 5.69 Å². The molecule has 1 atom stereocenters. The van der Waals surface area contributed by atoms with Crippen molar-refractivity contribution in [2.24, 2.45) is 0 Å². The Morgan fingerprint density at radius 2 is 1.67 bits per heavy atom. The van der Waals surface area contributed by atoms with Gasteiger partial charge in [-0.1, -0.05) is 34.1 Å². The smallest absolute Gasteiger partial charge is 0.242 e. The molecule has 0 unspecified atom stereocenters. The highest BCUT2D eigenvalue weighted by molar-refractivity contribution is 9.10. The SMILES string of the molecule is Cc1cc(C)cc(N(CCCC(=O)N(Cc2cccc(Br)c2)[C@H](C)C(=O)NC(C)(C)C)S(C)(=O)=O)c1. The number of hydrogen-bond acceptors (Lipinski definition) is 4. The zero-order valence-electron chi connectivity index (χ0n) is 22.3. The maximum absolute atomic E-state index is 13.4. The minimum absolute atomic E-state index is 0.109. The number of sulfonamides is 1. The number of rotatable bonds is 10.